The van der Waals surface area contributed by atoms with Gasteiger partial charge in [0.25, 0.3) is 0 Å². The van der Waals surface area contributed by atoms with Crippen LogP contribution in [0.2, 0.25) is 0 Å². The lowest BCUT2D eigenvalue weighted by molar-refractivity contribution is 0.0489. The molecule has 0 spiro atoms. The van der Waals surface area contributed by atoms with Crippen molar-refractivity contribution in [1.82, 2.24) is 0 Å². The van der Waals surface area contributed by atoms with Crippen LogP contribution in [-0.4, -0.2) is 19.3 Å². The molecule has 3 heteroatoms. The number of ether oxygens (including phenoxy) is 2. The Morgan fingerprint density at radius 1 is 1.10 bits per heavy atom. The molecule has 2 rings (SSSR count). The quantitative estimate of drug-likeness (QED) is 0.921. The second kappa shape index (κ2) is 5.74. The van der Waals surface area contributed by atoms with Gasteiger partial charge in [0, 0.05) is 12.0 Å². The summed E-state index contributed by atoms with van der Waals surface area (Å²) < 4.78 is 11.4. The molecule has 3 nitrogen and oxygen atoms in total. The first-order chi connectivity index (χ1) is 9.36. The molecular weight excluding hydrogens is 250 g/mol. The molecule has 112 valence electrons. The molecule has 2 N–H and O–H groups in total. The summed E-state index contributed by atoms with van der Waals surface area (Å²) >= 11 is 0. The summed E-state index contributed by atoms with van der Waals surface area (Å²) in [5.74, 6) is 1.79. The molecule has 5 atom stereocenters. The second-order valence-electron chi connectivity index (χ2n) is 6.20. The molecule has 0 radical (unpaired) electrons. The number of methoxy groups -OCH3 is 1. The number of nitrogens with two attached hydrogens (primary N) is 1. The van der Waals surface area contributed by atoms with Gasteiger partial charge in [-0.05, 0) is 50.3 Å². The average Bonchev–Trinajstić information content (AvgIpc) is 2.62. The topological polar surface area (TPSA) is 44.5 Å². The van der Waals surface area contributed by atoms with E-state index in [9.17, 15) is 0 Å². The zero-order valence-electron chi connectivity index (χ0n) is 13.4. The van der Waals surface area contributed by atoms with E-state index in [1.54, 1.807) is 7.11 Å². The normalized spacial score (nSPS) is 31.4. The highest BCUT2D eigenvalue weighted by molar-refractivity contribution is 5.44. The monoisotopic (exact) mass is 277 g/mol. The van der Waals surface area contributed by atoms with Crippen LogP contribution in [0.1, 0.15) is 43.5 Å². The first-order valence-corrected chi connectivity index (χ1v) is 7.43. The third kappa shape index (κ3) is 2.57. The van der Waals surface area contributed by atoms with Crippen LogP contribution in [0.3, 0.4) is 0 Å². The maximum absolute atomic E-state index is 6.55. The number of aryl methyl sites for hydroxylation is 2. The molecular formula is C17H27NO2. The fourth-order valence-corrected chi connectivity index (χ4v) is 3.63. The van der Waals surface area contributed by atoms with E-state index in [4.69, 9.17) is 15.2 Å². The molecule has 0 aromatic heterocycles. The standard InChI is InChI=1S/C17H27NO2/c1-9-7-14(8-10(2)17(9)19-6)16(18)15-11(3)12(4)20-13(15)5/h7-8,11-13,15-16H,18H2,1-6H3. The van der Waals surface area contributed by atoms with Crippen molar-refractivity contribution in [1.29, 1.82) is 0 Å². The highest BCUT2D eigenvalue weighted by Crippen LogP contribution is 2.40. The van der Waals surface area contributed by atoms with Gasteiger partial charge in [0.05, 0.1) is 19.3 Å². The van der Waals surface area contributed by atoms with Gasteiger partial charge in [-0.25, -0.2) is 0 Å². The zero-order chi connectivity index (χ0) is 15.0. The minimum absolute atomic E-state index is 0.00764. The Labute approximate surface area is 122 Å². The predicted octanol–water partition coefficient (Wildman–Crippen LogP) is 3.37. The molecule has 1 aromatic carbocycles. The van der Waals surface area contributed by atoms with Gasteiger partial charge in [-0.15, -0.1) is 0 Å². The van der Waals surface area contributed by atoms with Gasteiger partial charge < -0.3 is 15.2 Å². The van der Waals surface area contributed by atoms with E-state index >= 15 is 0 Å². The molecule has 1 aliphatic rings. The fraction of sp³-hybridized carbons (Fsp3) is 0.647. The molecule has 0 saturated carbocycles. The largest absolute Gasteiger partial charge is 0.496 e. The van der Waals surface area contributed by atoms with Gasteiger partial charge in [-0.1, -0.05) is 19.1 Å². The Balaban J connectivity index is 2.32. The Hall–Kier alpha value is -1.06. The Kier molecular flexibility index (Phi) is 4.40. The summed E-state index contributed by atoms with van der Waals surface area (Å²) in [6, 6.07) is 4.31. The fourth-order valence-electron chi connectivity index (χ4n) is 3.63. The van der Waals surface area contributed by atoms with Crippen LogP contribution in [0.4, 0.5) is 0 Å². The van der Waals surface area contributed by atoms with Crippen molar-refractivity contribution in [3.8, 4) is 5.75 Å². The van der Waals surface area contributed by atoms with Crippen molar-refractivity contribution >= 4 is 0 Å². The van der Waals surface area contributed by atoms with Crippen LogP contribution in [0.15, 0.2) is 12.1 Å². The molecule has 5 unspecified atom stereocenters. The lowest BCUT2D eigenvalue weighted by atomic mass is 9.80. The summed E-state index contributed by atoms with van der Waals surface area (Å²) in [6.07, 6.45) is 0.485. The van der Waals surface area contributed by atoms with E-state index in [0.29, 0.717) is 11.8 Å². The molecule has 1 saturated heterocycles. The molecule has 0 bridgehead atoms. The molecule has 0 amide bonds. The van der Waals surface area contributed by atoms with E-state index in [2.05, 4.69) is 46.8 Å². The van der Waals surface area contributed by atoms with Gasteiger partial charge in [-0.2, -0.15) is 0 Å². The third-order valence-electron chi connectivity index (χ3n) is 4.81. The maximum atomic E-state index is 6.55. The van der Waals surface area contributed by atoms with Gasteiger partial charge in [0.15, 0.2) is 0 Å². The number of hydrogen-bond donors (Lipinski definition) is 1. The number of benzene rings is 1. The highest BCUT2D eigenvalue weighted by atomic mass is 16.5. The lowest BCUT2D eigenvalue weighted by Crippen LogP contribution is -2.30. The number of rotatable bonds is 3. The van der Waals surface area contributed by atoms with Crippen LogP contribution < -0.4 is 10.5 Å². The molecule has 20 heavy (non-hydrogen) atoms. The Morgan fingerprint density at radius 2 is 1.65 bits per heavy atom. The van der Waals surface area contributed by atoms with E-state index in [1.165, 1.54) is 5.56 Å². The number of hydrogen-bond acceptors (Lipinski definition) is 3. The van der Waals surface area contributed by atoms with E-state index in [-0.39, 0.29) is 18.2 Å². The first kappa shape index (κ1) is 15.3. The van der Waals surface area contributed by atoms with Crippen molar-refractivity contribution in [2.24, 2.45) is 17.6 Å². The van der Waals surface area contributed by atoms with Crippen LogP contribution in [0.5, 0.6) is 5.75 Å². The zero-order valence-corrected chi connectivity index (χ0v) is 13.4. The second-order valence-corrected chi connectivity index (χ2v) is 6.20. The minimum atomic E-state index is 0.00764. The molecule has 1 heterocycles. The predicted molar refractivity (Wildman–Crippen MR) is 82.1 cm³/mol. The summed E-state index contributed by atoms with van der Waals surface area (Å²) in [5, 5.41) is 0. The van der Waals surface area contributed by atoms with Crippen molar-refractivity contribution < 1.29 is 9.47 Å². The van der Waals surface area contributed by atoms with Crippen molar-refractivity contribution in [3.05, 3.63) is 28.8 Å². The van der Waals surface area contributed by atoms with Gasteiger partial charge >= 0.3 is 0 Å². The summed E-state index contributed by atoms with van der Waals surface area (Å²) in [7, 11) is 1.71. The molecule has 1 fully saturated rings. The van der Waals surface area contributed by atoms with Crippen LogP contribution in [0, 0.1) is 25.7 Å². The minimum Gasteiger partial charge on any atom is -0.496 e. The molecule has 1 aromatic rings. The Morgan fingerprint density at radius 3 is 2.05 bits per heavy atom. The van der Waals surface area contributed by atoms with Crippen molar-refractivity contribution in [3.63, 3.8) is 0 Å². The van der Waals surface area contributed by atoms with E-state index in [0.717, 1.165) is 16.9 Å². The van der Waals surface area contributed by atoms with Gasteiger partial charge in [0.2, 0.25) is 0 Å². The van der Waals surface area contributed by atoms with Crippen molar-refractivity contribution in [2.75, 3.05) is 7.11 Å². The van der Waals surface area contributed by atoms with E-state index < -0.39 is 0 Å². The third-order valence-corrected chi connectivity index (χ3v) is 4.81. The van der Waals surface area contributed by atoms with E-state index in [1.807, 2.05) is 0 Å². The van der Waals surface area contributed by atoms with Crippen molar-refractivity contribution in [2.45, 2.75) is 52.9 Å². The van der Waals surface area contributed by atoms with Gasteiger partial charge in [-0.3, -0.25) is 0 Å². The van der Waals surface area contributed by atoms with Crippen LogP contribution >= 0.6 is 0 Å². The maximum Gasteiger partial charge on any atom is 0.124 e. The molecule has 0 aliphatic carbocycles. The first-order valence-electron chi connectivity index (χ1n) is 7.43. The van der Waals surface area contributed by atoms with Crippen LogP contribution in [-0.2, 0) is 4.74 Å². The smallest absolute Gasteiger partial charge is 0.124 e. The summed E-state index contributed by atoms with van der Waals surface area (Å²) in [4.78, 5) is 0. The highest BCUT2D eigenvalue weighted by Gasteiger charge is 2.40. The lowest BCUT2D eigenvalue weighted by Gasteiger charge is -2.27. The Bertz CT molecular complexity index is 463. The SMILES string of the molecule is COc1c(C)cc(C(N)C2C(C)OC(C)C2C)cc1C. The summed E-state index contributed by atoms with van der Waals surface area (Å²) in [5.41, 5.74) is 10.0. The average molecular weight is 277 g/mol. The van der Waals surface area contributed by atoms with Crippen LogP contribution in [0.25, 0.3) is 0 Å². The van der Waals surface area contributed by atoms with Gasteiger partial charge in [0.1, 0.15) is 5.75 Å². The summed E-state index contributed by atoms with van der Waals surface area (Å²) in [6.45, 7) is 10.7. The molecule has 1 aliphatic heterocycles.